The quantitative estimate of drug-likeness (QED) is 0.643. The molecule has 21 heavy (non-hydrogen) atoms. The normalized spacial score (nSPS) is 10.4. The van der Waals surface area contributed by atoms with Gasteiger partial charge in [-0.3, -0.25) is 4.79 Å². The predicted molar refractivity (Wildman–Crippen MR) is 78.4 cm³/mol. The van der Waals surface area contributed by atoms with Crippen LogP contribution in [-0.4, -0.2) is 28.5 Å². The maximum atomic E-state index is 11.4. The summed E-state index contributed by atoms with van der Waals surface area (Å²) >= 11 is 2.82. The smallest absolute Gasteiger partial charge is 0.375 e. The van der Waals surface area contributed by atoms with Crippen LogP contribution in [0.1, 0.15) is 30.3 Å². The van der Waals surface area contributed by atoms with Gasteiger partial charge < -0.3 is 14.5 Å². The van der Waals surface area contributed by atoms with Gasteiger partial charge in [-0.25, -0.2) is 14.8 Å². The van der Waals surface area contributed by atoms with E-state index in [0.717, 1.165) is 4.21 Å². The number of thioether (sulfide) groups is 1. The van der Waals surface area contributed by atoms with Crippen molar-refractivity contribution in [1.29, 1.82) is 0 Å². The van der Waals surface area contributed by atoms with Crippen molar-refractivity contribution in [2.24, 2.45) is 0 Å². The largest absolute Gasteiger partial charge is 0.460 e. The second-order valence-corrected chi connectivity index (χ2v) is 6.10. The molecule has 0 spiro atoms. The monoisotopic (exact) mass is 327 g/mol. The van der Waals surface area contributed by atoms with Crippen LogP contribution in [-0.2, 0) is 15.3 Å². The Morgan fingerprint density at radius 3 is 2.95 bits per heavy atom. The number of nitrogens with one attached hydrogen (secondary N) is 1. The van der Waals surface area contributed by atoms with Crippen molar-refractivity contribution >= 4 is 40.1 Å². The van der Waals surface area contributed by atoms with Gasteiger partial charge in [-0.15, -0.1) is 11.8 Å². The van der Waals surface area contributed by atoms with Gasteiger partial charge in [0.05, 0.1) is 29.0 Å². The van der Waals surface area contributed by atoms with Gasteiger partial charge in [-0.1, -0.05) is 11.3 Å². The zero-order valence-corrected chi connectivity index (χ0v) is 13.0. The SMILES string of the molecule is CCOC(=O)c1cnc(CSc2cnc(NC(C)=O)s2)o1. The van der Waals surface area contributed by atoms with E-state index in [9.17, 15) is 9.59 Å². The summed E-state index contributed by atoms with van der Waals surface area (Å²) in [5, 5.41) is 3.16. The number of oxazole rings is 1. The molecular formula is C12H13N3O4S2. The molecule has 0 saturated heterocycles. The molecule has 1 N–H and O–H groups in total. The summed E-state index contributed by atoms with van der Waals surface area (Å²) in [7, 11) is 0. The minimum absolute atomic E-state index is 0.0932. The minimum atomic E-state index is -0.521. The molecule has 0 aromatic carbocycles. The second kappa shape index (κ2) is 7.23. The van der Waals surface area contributed by atoms with Gasteiger partial charge in [0.25, 0.3) is 0 Å². The van der Waals surface area contributed by atoms with Crippen molar-refractivity contribution in [3.8, 4) is 0 Å². The van der Waals surface area contributed by atoms with E-state index in [4.69, 9.17) is 9.15 Å². The number of ether oxygens (including phenoxy) is 1. The van der Waals surface area contributed by atoms with Crippen molar-refractivity contribution in [2.45, 2.75) is 23.8 Å². The molecule has 2 rings (SSSR count). The van der Waals surface area contributed by atoms with Crippen LogP contribution in [0.3, 0.4) is 0 Å². The predicted octanol–water partition coefficient (Wildman–Crippen LogP) is 2.56. The summed E-state index contributed by atoms with van der Waals surface area (Å²) in [6.07, 6.45) is 3.01. The van der Waals surface area contributed by atoms with Crippen molar-refractivity contribution in [3.63, 3.8) is 0 Å². The van der Waals surface area contributed by atoms with E-state index in [1.165, 1.54) is 36.2 Å². The van der Waals surface area contributed by atoms with E-state index < -0.39 is 5.97 Å². The Hall–Kier alpha value is -1.87. The molecule has 0 unspecified atom stereocenters. The number of carbonyl (C=O) groups is 2. The molecule has 0 fully saturated rings. The summed E-state index contributed by atoms with van der Waals surface area (Å²) in [6, 6.07) is 0. The first-order valence-corrected chi connectivity index (χ1v) is 7.86. The third-order valence-electron chi connectivity index (χ3n) is 2.14. The fraction of sp³-hybridized carbons (Fsp3) is 0.333. The summed E-state index contributed by atoms with van der Waals surface area (Å²) in [5.74, 6) is 0.300. The number of aromatic nitrogens is 2. The third kappa shape index (κ3) is 4.57. The number of rotatable bonds is 6. The Kier molecular flexibility index (Phi) is 5.34. The molecule has 0 aliphatic heterocycles. The topological polar surface area (TPSA) is 94.3 Å². The Bertz CT molecular complexity index is 638. The van der Waals surface area contributed by atoms with Gasteiger partial charge in [0.15, 0.2) is 5.13 Å². The molecule has 112 valence electrons. The molecule has 2 aromatic heterocycles. The molecule has 0 atom stereocenters. The zero-order valence-electron chi connectivity index (χ0n) is 11.4. The van der Waals surface area contributed by atoms with E-state index in [1.807, 2.05) is 0 Å². The first-order chi connectivity index (χ1) is 10.1. The number of nitrogens with zero attached hydrogens (tertiary/aromatic N) is 2. The Morgan fingerprint density at radius 1 is 1.43 bits per heavy atom. The lowest BCUT2D eigenvalue weighted by Crippen LogP contribution is -2.04. The first kappa shape index (κ1) is 15.5. The summed E-state index contributed by atoms with van der Waals surface area (Å²) < 4.78 is 11.0. The van der Waals surface area contributed by atoms with Gasteiger partial charge in [-0.05, 0) is 6.92 Å². The molecule has 0 aliphatic rings. The van der Waals surface area contributed by atoms with Crippen LogP contribution in [0.25, 0.3) is 0 Å². The Labute approximate surface area is 129 Å². The van der Waals surface area contributed by atoms with Gasteiger partial charge >= 0.3 is 5.97 Å². The van der Waals surface area contributed by atoms with E-state index in [1.54, 1.807) is 13.1 Å². The second-order valence-electron chi connectivity index (χ2n) is 3.79. The first-order valence-electron chi connectivity index (χ1n) is 6.06. The van der Waals surface area contributed by atoms with Crippen molar-refractivity contribution in [1.82, 2.24) is 9.97 Å². The van der Waals surface area contributed by atoms with Crippen LogP contribution in [0.2, 0.25) is 0 Å². The van der Waals surface area contributed by atoms with Crippen LogP contribution < -0.4 is 5.32 Å². The maximum absolute atomic E-state index is 11.4. The number of amides is 1. The number of hydrogen-bond acceptors (Lipinski definition) is 8. The van der Waals surface area contributed by atoms with Crippen LogP contribution in [0.4, 0.5) is 5.13 Å². The lowest BCUT2D eigenvalue weighted by Gasteiger charge is -1.96. The van der Waals surface area contributed by atoms with Gasteiger partial charge in [0.1, 0.15) is 0 Å². The van der Waals surface area contributed by atoms with E-state index in [2.05, 4.69) is 15.3 Å². The third-order valence-corrected chi connectivity index (χ3v) is 4.23. The fourth-order valence-electron chi connectivity index (χ4n) is 1.34. The number of thiazole rings is 1. The van der Waals surface area contributed by atoms with E-state index in [-0.39, 0.29) is 18.3 Å². The van der Waals surface area contributed by atoms with Crippen molar-refractivity contribution in [2.75, 3.05) is 11.9 Å². The minimum Gasteiger partial charge on any atom is -0.460 e. The summed E-state index contributed by atoms with van der Waals surface area (Å²) in [5.41, 5.74) is 0. The van der Waals surface area contributed by atoms with E-state index in [0.29, 0.717) is 16.8 Å². The molecule has 9 heteroatoms. The lowest BCUT2D eigenvalue weighted by molar-refractivity contribution is -0.114. The molecule has 0 radical (unpaired) electrons. The van der Waals surface area contributed by atoms with Gasteiger partial charge in [0, 0.05) is 6.92 Å². The molecule has 0 aliphatic carbocycles. The maximum Gasteiger partial charge on any atom is 0.375 e. The number of esters is 1. The molecule has 2 aromatic rings. The van der Waals surface area contributed by atoms with Crippen LogP contribution in [0.5, 0.6) is 0 Å². The van der Waals surface area contributed by atoms with Crippen molar-refractivity contribution < 1.29 is 18.7 Å². The van der Waals surface area contributed by atoms with Crippen LogP contribution in [0, 0.1) is 0 Å². The number of hydrogen-bond donors (Lipinski definition) is 1. The number of anilines is 1. The standard InChI is InChI=1S/C12H13N3O4S2/c1-3-18-11(17)8-4-13-9(19-8)6-20-10-5-14-12(21-10)15-7(2)16/h4-5H,3,6H2,1-2H3,(H,14,15,16). The molecule has 7 nitrogen and oxygen atoms in total. The van der Waals surface area contributed by atoms with E-state index >= 15 is 0 Å². The van der Waals surface area contributed by atoms with Crippen LogP contribution >= 0.6 is 23.1 Å². The highest BCUT2D eigenvalue weighted by atomic mass is 32.2. The number of carbonyl (C=O) groups excluding carboxylic acids is 2. The van der Waals surface area contributed by atoms with Gasteiger partial charge in [-0.2, -0.15) is 0 Å². The molecule has 0 saturated carbocycles. The fourth-order valence-corrected chi connectivity index (χ4v) is 3.11. The Morgan fingerprint density at radius 2 is 2.24 bits per heavy atom. The molecule has 2 heterocycles. The zero-order chi connectivity index (χ0) is 15.2. The highest BCUT2D eigenvalue weighted by Crippen LogP contribution is 2.30. The average molecular weight is 327 g/mol. The Balaban J connectivity index is 1.89. The molecule has 0 bridgehead atoms. The summed E-state index contributed by atoms with van der Waals surface area (Å²) in [6.45, 7) is 3.44. The highest BCUT2D eigenvalue weighted by molar-refractivity contribution is 8.00. The van der Waals surface area contributed by atoms with Crippen LogP contribution in [0.15, 0.2) is 21.0 Å². The summed E-state index contributed by atoms with van der Waals surface area (Å²) in [4.78, 5) is 30.4. The average Bonchev–Trinajstić information content (AvgIpc) is 3.05. The lowest BCUT2D eigenvalue weighted by atomic mass is 10.5. The molecule has 1 amide bonds. The highest BCUT2D eigenvalue weighted by Gasteiger charge is 2.14. The van der Waals surface area contributed by atoms with Crippen molar-refractivity contribution in [3.05, 3.63) is 24.0 Å². The molecular weight excluding hydrogens is 314 g/mol. The van der Waals surface area contributed by atoms with Gasteiger partial charge in [0.2, 0.25) is 17.6 Å².